The Kier molecular flexibility index (Phi) is 4.66. The van der Waals surface area contributed by atoms with Gasteiger partial charge in [0, 0.05) is 13.6 Å². The fraction of sp³-hybridized carbons (Fsp3) is 0.333. The summed E-state index contributed by atoms with van der Waals surface area (Å²) in [6, 6.07) is 8.33. The zero-order chi connectivity index (χ0) is 12.8. The van der Waals surface area contributed by atoms with Gasteiger partial charge in [-0.1, -0.05) is 30.3 Å². The maximum absolute atomic E-state index is 11.6. The monoisotopic (exact) mass is 236 g/mol. The number of nitrogens with zero attached hydrogens (tertiary/aromatic N) is 1. The second-order valence-corrected chi connectivity index (χ2v) is 3.88. The van der Waals surface area contributed by atoms with Gasteiger partial charge in [0.15, 0.2) is 0 Å². The van der Waals surface area contributed by atoms with Gasteiger partial charge in [0.2, 0.25) is 5.91 Å². The standard InChI is InChI=1S/C12H16N2O3/c1-14(8-9-5-3-2-4-6-9)11(15)7-10(13)12(16)17/h2-6,10H,7-8,13H2,1H3,(H,16,17)/t10-/m0/s1. The van der Waals surface area contributed by atoms with Gasteiger partial charge >= 0.3 is 5.97 Å². The number of carbonyl (C=O) groups is 2. The van der Waals surface area contributed by atoms with E-state index in [0.29, 0.717) is 6.54 Å². The number of carboxylic acids is 1. The highest BCUT2D eigenvalue weighted by Crippen LogP contribution is 2.04. The average molecular weight is 236 g/mol. The summed E-state index contributed by atoms with van der Waals surface area (Å²) in [6.07, 6.45) is -0.182. The van der Waals surface area contributed by atoms with Gasteiger partial charge in [0.25, 0.3) is 0 Å². The fourth-order valence-electron chi connectivity index (χ4n) is 1.38. The van der Waals surface area contributed by atoms with Crippen LogP contribution in [0.4, 0.5) is 0 Å². The Morgan fingerprint density at radius 3 is 2.47 bits per heavy atom. The topological polar surface area (TPSA) is 83.6 Å². The van der Waals surface area contributed by atoms with Crippen molar-refractivity contribution in [1.29, 1.82) is 0 Å². The zero-order valence-corrected chi connectivity index (χ0v) is 9.67. The summed E-state index contributed by atoms with van der Waals surface area (Å²) in [6.45, 7) is 0.450. The molecule has 92 valence electrons. The van der Waals surface area contributed by atoms with Crippen molar-refractivity contribution in [2.45, 2.75) is 19.0 Å². The van der Waals surface area contributed by atoms with Gasteiger partial charge in [-0.3, -0.25) is 9.59 Å². The minimum atomic E-state index is -1.16. The lowest BCUT2D eigenvalue weighted by atomic mass is 10.2. The van der Waals surface area contributed by atoms with Crippen LogP contribution in [0.2, 0.25) is 0 Å². The molecule has 0 aliphatic heterocycles. The van der Waals surface area contributed by atoms with E-state index >= 15 is 0 Å². The summed E-state index contributed by atoms with van der Waals surface area (Å²) in [5.74, 6) is -1.43. The van der Waals surface area contributed by atoms with Crippen molar-refractivity contribution in [2.75, 3.05) is 7.05 Å². The molecule has 5 heteroatoms. The Morgan fingerprint density at radius 1 is 1.35 bits per heavy atom. The molecule has 1 rings (SSSR count). The number of hydrogen-bond acceptors (Lipinski definition) is 3. The summed E-state index contributed by atoms with van der Waals surface area (Å²) in [4.78, 5) is 23.6. The van der Waals surface area contributed by atoms with E-state index < -0.39 is 12.0 Å². The number of benzene rings is 1. The van der Waals surface area contributed by atoms with E-state index in [4.69, 9.17) is 10.8 Å². The smallest absolute Gasteiger partial charge is 0.321 e. The SMILES string of the molecule is CN(Cc1ccccc1)C(=O)C[C@H](N)C(=O)O. The summed E-state index contributed by atoms with van der Waals surface area (Å²) in [5.41, 5.74) is 6.29. The van der Waals surface area contributed by atoms with Crippen molar-refractivity contribution in [3.63, 3.8) is 0 Å². The lowest BCUT2D eigenvalue weighted by Crippen LogP contribution is -2.37. The third-order valence-corrected chi connectivity index (χ3v) is 2.40. The molecule has 0 fully saturated rings. The molecule has 0 saturated carbocycles. The van der Waals surface area contributed by atoms with E-state index in [1.54, 1.807) is 7.05 Å². The molecule has 0 aromatic heterocycles. The zero-order valence-electron chi connectivity index (χ0n) is 9.67. The van der Waals surface area contributed by atoms with Crippen molar-refractivity contribution in [3.05, 3.63) is 35.9 Å². The molecular formula is C12H16N2O3. The fourth-order valence-corrected chi connectivity index (χ4v) is 1.38. The third-order valence-electron chi connectivity index (χ3n) is 2.40. The average Bonchev–Trinajstić information content (AvgIpc) is 2.29. The lowest BCUT2D eigenvalue weighted by Gasteiger charge is -2.18. The van der Waals surface area contributed by atoms with Gasteiger partial charge in [0.1, 0.15) is 6.04 Å². The van der Waals surface area contributed by atoms with E-state index in [-0.39, 0.29) is 12.3 Å². The molecule has 0 heterocycles. The molecule has 3 N–H and O–H groups in total. The minimum Gasteiger partial charge on any atom is -0.480 e. The Hall–Kier alpha value is -1.88. The van der Waals surface area contributed by atoms with Crippen LogP contribution in [0.15, 0.2) is 30.3 Å². The normalized spacial score (nSPS) is 11.9. The molecule has 0 saturated heterocycles. The first kappa shape index (κ1) is 13.2. The number of nitrogens with two attached hydrogens (primary N) is 1. The Balaban J connectivity index is 2.50. The van der Waals surface area contributed by atoms with Crippen LogP contribution >= 0.6 is 0 Å². The second-order valence-electron chi connectivity index (χ2n) is 3.88. The number of amides is 1. The third kappa shape index (κ3) is 4.24. The predicted octanol–water partition coefficient (Wildman–Crippen LogP) is 0.447. The molecule has 0 radical (unpaired) electrons. The van der Waals surface area contributed by atoms with E-state index in [2.05, 4.69) is 0 Å². The van der Waals surface area contributed by atoms with Crippen molar-refractivity contribution in [1.82, 2.24) is 4.90 Å². The predicted molar refractivity (Wildman–Crippen MR) is 63.1 cm³/mol. The van der Waals surface area contributed by atoms with Crippen LogP contribution in [-0.4, -0.2) is 35.0 Å². The maximum atomic E-state index is 11.6. The molecular weight excluding hydrogens is 220 g/mol. The lowest BCUT2D eigenvalue weighted by molar-refractivity contribution is -0.142. The minimum absolute atomic E-state index is 0.182. The first-order valence-corrected chi connectivity index (χ1v) is 5.27. The number of rotatable bonds is 5. The van der Waals surface area contributed by atoms with Crippen molar-refractivity contribution >= 4 is 11.9 Å². The van der Waals surface area contributed by atoms with Crippen molar-refractivity contribution in [3.8, 4) is 0 Å². The molecule has 1 amide bonds. The maximum Gasteiger partial charge on any atom is 0.321 e. The van der Waals surface area contributed by atoms with Gasteiger partial charge in [0.05, 0.1) is 6.42 Å². The quantitative estimate of drug-likeness (QED) is 0.777. The van der Waals surface area contributed by atoms with E-state index in [0.717, 1.165) is 5.56 Å². The van der Waals surface area contributed by atoms with Crippen LogP contribution in [0.1, 0.15) is 12.0 Å². The largest absolute Gasteiger partial charge is 0.480 e. The highest BCUT2D eigenvalue weighted by molar-refractivity contribution is 5.84. The summed E-state index contributed by atoms with van der Waals surface area (Å²) in [5, 5.41) is 8.61. The van der Waals surface area contributed by atoms with Gasteiger partial charge in [-0.2, -0.15) is 0 Å². The Bertz CT molecular complexity index is 392. The van der Waals surface area contributed by atoms with Gasteiger partial charge < -0.3 is 15.7 Å². The molecule has 5 nitrogen and oxygen atoms in total. The van der Waals surface area contributed by atoms with Crippen LogP contribution in [0, 0.1) is 0 Å². The Labute approximate surface area is 99.8 Å². The molecule has 0 spiro atoms. The molecule has 0 aliphatic carbocycles. The highest BCUT2D eigenvalue weighted by Gasteiger charge is 2.18. The van der Waals surface area contributed by atoms with E-state index in [1.807, 2.05) is 30.3 Å². The van der Waals surface area contributed by atoms with Gasteiger partial charge in [-0.25, -0.2) is 0 Å². The number of carbonyl (C=O) groups excluding carboxylic acids is 1. The first-order chi connectivity index (χ1) is 8.00. The molecule has 1 aromatic rings. The van der Waals surface area contributed by atoms with Crippen LogP contribution in [-0.2, 0) is 16.1 Å². The van der Waals surface area contributed by atoms with Crippen LogP contribution in [0.3, 0.4) is 0 Å². The molecule has 0 aliphatic rings. The second kappa shape index (κ2) is 6.00. The molecule has 17 heavy (non-hydrogen) atoms. The highest BCUT2D eigenvalue weighted by atomic mass is 16.4. The molecule has 0 unspecified atom stereocenters. The van der Waals surface area contributed by atoms with E-state index in [9.17, 15) is 9.59 Å². The van der Waals surface area contributed by atoms with Crippen molar-refractivity contribution < 1.29 is 14.7 Å². The van der Waals surface area contributed by atoms with Gasteiger partial charge in [-0.15, -0.1) is 0 Å². The van der Waals surface area contributed by atoms with Crippen LogP contribution in [0.5, 0.6) is 0 Å². The Morgan fingerprint density at radius 2 is 1.94 bits per heavy atom. The van der Waals surface area contributed by atoms with Gasteiger partial charge in [-0.05, 0) is 5.56 Å². The van der Waals surface area contributed by atoms with Crippen LogP contribution < -0.4 is 5.73 Å². The number of hydrogen-bond donors (Lipinski definition) is 2. The molecule has 0 bridgehead atoms. The number of carboxylic acid groups (broad SMARTS) is 1. The number of aliphatic carboxylic acids is 1. The summed E-state index contributed by atoms with van der Waals surface area (Å²) >= 11 is 0. The molecule has 1 atom stereocenters. The summed E-state index contributed by atoms with van der Waals surface area (Å²) < 4.78 is 0. The van der Waals surface area contributed by atoms with Crippen LogP contribution in [0.25, 0.3) is 0 Å². The molecule has 1 aromatic carbocycles. The first-order valence-electron chi connectivity index (χ1n) is 5.27. The van der Waals surface area contributed by atoms with Crippen molar-refractivity contribution in [2.24, 2.45) is 5.73 Å². The van der Waals surface area contributed by atoms with E-state index in [1.165, 1.54) is 4.90 Å². The summed E-state index contributed by atoms with van der Waals surface area (Å²) in [7, 11) is 1.63.